The molecule has 4 nitrogen and oxygen atoms in total. The van der Waals surface area contributed by atoms with Crippen LogP contribution < -0.4 is 14.8 Å². The number of nitrogens with zero attached hydrogens (tertiary/aromatic N) is 1. The number of nitriles is 1. The number of ether oxygens (including phenoxy) is 2. The average Bonchev–Trinajstić information content (AvgIpc) is 2.52. The number of hydrogen-bond donors (Lipinski definition) is 1. The first-order valence-electron chi connectivity index (χ1n) is 8.44. The van der Waals surface area contributed by atoms with Crippen LogP contribution in [-0.2, 0) is 6.54 Å². The fourth-order valence-corrected chi connectivity index (χ4v) is 3.77. The van der Waals surface area contributed by atoms with Crippen LogP contribution in [-0.4, -0.2) is 19.8 Å². The molecule has 0 aliphatic heterocycles. The van der Waals surface area contributed by atoms with Gasteiger partial charge >= 0.3 is 0 Å². The summed E-state index contributed by atoms with van der Waals surface area (Å²) in [6.45, 7) is 0.959. The van der Waals surface area contributed by atoms with Crippen LogP contribution in [0.25, 0.3) is 0 Å². The smallest absolute Gasteiger partial charge is 0.176 e. The first-order valence-corrected chi connectivity index (χ1v) is 9.23. The maximum Gasteiger partial charge on any atom is 0.176 e. The Morgan fingerprint density at radius 1 is 1.22 bits per heavy atom. The number of rotatable bonds is 6. The molecule has 1 fully saturated rings. The van der Waals surface area contributed by atoms with Crippen LogP contribution in [0.1, 0.15) is 50.5 Å². The van der Waals surface area contributed by atoms with Crippen molar-refractivity contribution in [3.63, 3.8) is 0 Å². The highest BCUT2D eigenvalue weighted by atomic mass is 79.9. The average molecular weight is 382 g/mol. The Morgan fingerprint density at radius 3 is 2.57 bits per heavy atom. The maximum atomic E-state index is 8.67. The molecule has 1 aromatic rings. The number of quaternary nitrogens is 1. The summed E-state index contributed by atoms with van der Waals surface area (Å²) in [5, 5.41) is 11.1. The van der Waals surface area contributed by atoms with Crippen molar-refractivity contribution in [1.29, 1.82) is 5.26 Å². The first kappa shape index (κ1) is 18.1. The van der Waals surface area contributed by atoms with Gasteiger partial charge in [-0.3, -0.25) is 0 Å². The standard InChI is InChI=1S/C18H25BrN2O2/c1-22-17-12-14(11-16(19)18(17)23-10-9-20)13-21-15-7-5-3-2-4-6-8-15/h11-12,15,21H,2-8,10,13H2,1H3/p+1. The summed E-state index contributed by atoms with van der Waals surface area (Å²) in [5.74, 6) is 1.28. The van der Waals surface area contributed by atoms with Crippen molar-refractivity contribution in [2.24, 2.45) is 0 Å². The van der Waals surface area contributed by atoms with E-state index in [4.69, 9.17) is 14.7 Å². The van der Waals surface area contributed by atoms with Gasteiger partial charge in [0.15, 0.2) is 18.1 Å². The van der Waals surface area contributed by atoms with E-state index in [1.54, 1.807) is 7.11 Å². The third-order valence-electron chi connectivity index (χ3n) is 4.41. The SMILES string of the molecule is COc1cc(C[NH2+]C2CCCCCCC2)cc(Br)c1OCC#N. The predicted molar refractivity (Wildman–Crippen MR) is 93.5 cm³/mol. The molecule has 23 heavy (non-hydrogen) atoms. The molecule has 5 heteroatoms. The molecule has 0 heterocycles. The van der Waals surface area contributed by atoms with Crippen LogP contribution in [0, 0.1) is 11.3 Å². The highest BCUT2D eigenvalue weighted by molar-refractivity contribution is 9.10. The van der Waals surface area contributed by atoms with Gasteiger partial charge in [0.1, 0.15) is 12.6 Å². The van der Waals surface area contributed by atoms with E-state index in [1.165, 1.54) is 50.5 Å². The normalized spacial score (nSPS) is 16.2. The lowest BCUT2D eigenvalue weighted by Crippen LogP contribution is -2.88. The van der Waals surface area contributed by atoms with E-state index in [9.17, 15) is 0 Å². The molecule has 0 spiro atoms. The third-order valence-corrected chi connectivity index (χ3v) is 5.00. The van der Waals surface area contributed by atoms with Crippen LogP contribution in [0.15, 0.2) is 16.6 Å². The fraction of sp³-hybridized carbons (Fsp3) is 0.611. The number of benzene rings is 1. The summed E-state index contributed by atoms with van der Waals surface area (Å²) < 4.78 is 11.7. The van der Waals surface area contributed by atoms with Crippen molar-refractivity contribution in [2.75, 3.05) is 13.7 Å². The summed E-state index contributed by atoms with van der Waals surface area (Å²) in [4.78, 5) is 0. The van der Waals surface area contributed by atoms with E-state index >= 15 is 0 Å². The molecule has 1 aliphatic rings. The van der Waals surface area contributed by atoms with E-state index < -0.39 is 0 Å². The van der Waals surface area contributed by atoms with Crippen molar-refractivity contribution in [3.8, 4) is 17.6 Å². The van der Waals surface area contributed by atoms with Gasteiger partial charge < -0.3 is 14.8 Å². The third kappa shape index (κ3) is 5.71. The van der Waals surface area contributed by atoms with Crippen molar-refractivity contribution in [1.82, 2.24) is 0 Å². The van der Waals surface area contributed by atoms with Gasteiger partial charge in [0, 0.05) is 5.56 Å². The van der Waals surface area contributed by atoms with Crippen LogP contribution in [0.4, 0.5) is 0 Å². The Morgan fingerprint density at radius 2 is 1.91 bits per heavy atom. The molecule has 126 valence electrons. The van der Waals surface area contributed by atoms with Gasteiger partial charge in [-0.15, -0.1) is 0 Å². The lowest BCUT2D eigenvalue weighted by atomic mass is 9.96. The largest absolute Gasteiger partial charge is 0.493 e. The molecule has 0 unspecified atom stereocenters. The predicted octanol–water partition coefficient (Wildman–Crippen LogP) is 3.54. The van der Waals surface area contributed by atoms with E-state index in [0.29, 0.717) is 11.5 Å². The number of hydrogen-bond acceptors (Lipinski definition) is 3. The Labute approximate surface area is 147 Å². The molecule has 2 rings (SSSR count). The highest BCUT2D eigenvalue weighted by Gasteiger charge is 2.16. The lowest BCUT2D eigenvalue weighted by Gasteiger charge is -2.19. The molecule has 2 N–H and O–H groups in total. The van der Waals surface area contributed by atoms with Crippen molar-refractivity contribution < 1.29 is 14.8 Å². The monoisotopic (exact) mass is 381 g/mol. The van der Waals surface area contributed by atoms with Crippen LogP contribution in [0.2, 0.25) is 0 Å². The van der Waals surface area contributed by atoms with Gasteiger partial charge in [-0.05, 0) is 53.7 Å². The minimum absolute atomic E-state index is 0.0164. The lowest BCUT2D eigenvalue weighted by molar-refractivity contribution is -0.706. The van der Waals surface area contributed by atoms with E-state index in [2.05, 4.69) is 27.3 Å². The molecule has 1 aromatic carbocycles. The van der Waals surface area contributed by atoms with Gasteiger partial charge in [-0.25, -0.2) is 0 Å². The van der Waals surface area contributed by atoms with Crippen molar-refractivity contribution >= 4 is 15.9 Å². The Hall–Kier alpha value is -1.25. The highest BCUT2D eigenvalue weighted by Crippen LogP contribution is 2.36. The zero-order valence-corrected chi connectivity index (χ0v) is 15.4. The zero-order valence-electron chi connectivity index (χ0n) is 13.8. The fourth-order valence-electron chi connectivity index (χ4n) is 3.16. The van der Waals surface area contributed by atoms with Crippen LogP contribution in [0.3, 0.4) is 0 Å². The molecule has 0 saturated heterocycles. The molecule has 0 radical (unpaired) electrons. The molecule has 1 aliphatic carbocycles. The minimum atomic E-state index is 0.0164. The van der Waals surface area contributed by atoms with E-state index in [1.807, 2.05) is 12.1 Å². The Bertz CT molecular complexity index is 535. The number of methoxy groups -OCH3 is 1. The van der Waals surface area contributed by atoms with Gasteiger partial charge in [-0.1, -0.05) is 19.3 Å². The van der Waals surface area contributed by atoms with E-state index in [-0.39, 0.29) is 6.61 Å². The first-order chi connectivity index (χ1) is 11.2. The molecule has 0 bridgehead atoms. The molecular weight excluding hydrogens is 356 g/mol. The van der Waals surface area contributed by atoms with E-state index in [0.717, 1.165) is 17.1 Å². The molecule has 0 aromatic heterocycles. The second-order valence-corrected chi connectivity index (χ2v) is 6.96. The molecule has 1 saturated carbocycles. The minimum Gasteiger partial charge on any atom is -0.493 e. The second-order valence-electron chi connectivity index (χ2n) is 6.10. The molecular formula is C18H26BrN2O2+. The van der Waals surface area contributed by atoms with Gasteiger partial charge in [0.25, 0.3) is 0 Å². The number of halogens is 1. The summed E-state index contributed by atoms with van der Waals surface area (Å²) >= 11 is 3.53. The number of nitrogens with two attached hydrogens (primary N) is 1. The summed E-state index contributed by atoms with van der Waals surface area (Å²) in [6, 6.07) is 6.79. The topological polar surface area (TPSA) is 58.9 Å². The van der Waals surface area contributed by atoms with Crippen molar-refractivity contribution in [2.45, 2.75) is 57.5 Å². The molecule has 0 amide bonds. The summed E-state index contributed by atoms with van der Waals surface area (Å²) in [6.07, 6.45) is 9.53. The van der Waals surface area contributed by atoms with Gasteiger partial charge in [0.05, 0.1) is 17.6 Å². The molecule has 0 atom stereocenters. The summed E-state index contributed by atoms with van der Waals surface area (Å²) in [7, 11) is 1.63. The van der Waals surface area contributed by atoms with Crippen molar-refractivity contribution in [3.05, 3.63) is 22.2 Å². The zero-order chi connectivity index (χ0) is 16.5. The van der Waals surface area contributed by atoms with Crippen LogP contribution >= 0.6 is 15.9 Å². The quantitative estimate of drug-likeness (QED) is 0.819. The van der Waals surface area contributed by atoms with Gasteiger partial charge in [0.2, 0.25) is 0 Å². The Kier molecular flexibility index (Phi) is 7.70. The van der Waals surface area contributed by atoms with Crippen LogP contribution in [0.5, 0.6) is 11.5 Å². The Balaban J connectivity index is 1.99. The maximum absolute atomic E-state index is 8.67. The van der Waals surface area contributed by atoms with Gasteiger partial charge in [-0.2, -0.15) is 5.26 Å². The summed E-state index contributed by atoms with van der Waals surface area (Å²) in [5.41, 5.74) is 1.21. The second kappa shape index (κ2) is 9.79.